The van der Waals surface area contributed by atoms with Crippen LogP contribution in [0.5, 0.6) is 5.75 Å². The summed E-state index contributed by atoms with van der Waals surface area (Å²) in [6.07, 6.45) is 4.85. The molecule has 0 heterocycles. The molecule has 1 atom stereocenters. The largest absolute Gasteiger partial charge is 0.491 e. The number of unbranched alkanes of at least 4 members (excludes halogenated alkanes) is 1. The number of aryl methyl sites for hydroxylation is 1. The molecular formula is C15H26N2O. The van der Waals surface area contributed by atoms with Gasteiger partial charge in [0.1, 0.15) is 5.75 Å². The van der Waals surface area contributed by atoms with Crippen molar-refractivity contribution in [3.8, 4) is 5.75 Å². The van der Waals surface area contributed by atoms with Crippen LogP contribution in [0.1, 0.15) is 45.1 Å². The second kappa shape index (κ2) is 7.14. The van der Waals surface area contributed by atoms with Crippen LogP contribution >= 0.6 is 0 Å². The minimum absolute atomic E-state index is 0.604. The molecule has 3 heteroatoms. The molecule has 0 aliphatic carbocycles. The van der Waals surface area contributed by atoms with E-state index in [4.69, 9.17) is 16.2 Å². The molecule has 0 aliphatic heterocycles. The van der Waals surface area contributed by atoms with Gasteiger partial charge in [0.15, 0.2) is 0 Å². The lowest BCUT2D eigenvalue weighted by molar-refractivity contribution is 0.234. The molecule has 4 N–H and O–H groups in total. The van der Waals surface area contributed by atoms with Gasteiger partial charge in [-0.2, -0.15) is 0 Å². The molecule has 0 spiro atoms. The first-order chi connectivity index (χ1) is 8.58. The number of hydrogen-bond acceptors (Lipinski definition) is 3. The Kier molecular flexibility index (Phi) is 5.83. The van der Waals surface area contributed by atoms with Crippen molar-refractivity contribution in [1.82, 2.24) is 0 Å². The fourth-order valence-electron chi connectivity index (χ4n) is 1.96. The van der Waals surface area contributed by atoms with E-state index in [2.05, 4.69) is 13.8 Å². The van der Waals surface area contributed by atoms with Gasteiger partial charge in [-0.15, -0.1) is 0 Å². The summed E-state index contributed by atoms with van der Waals surface area (Å²) in [6.45, 7) is 7.09. The summed E-state index contributed by atoms with van der Waals surface area (Å²) in [5.74, 6) is 1.32. The van der Waals surface area contributed by atoms with Gasteiger partial charge >= 0.3 is 0 Å². The molecule has 0 saturated heterocycles. The predicted octanol–water partition coefficient (Wildman–Crippen LogP) is 3.75. The van der Waals surface area contributed by atoms with Crippen LogP contribution in [0.2, 0.25) is 0 Å². The lowest BCUT2D eigenvalue weighted by Crippen LogP contribution is -2.12. The van der Waals surface area contributed by atoms with Crippen molar-refractivity contribution < 1.29 is 4.74 Å². The molecule has 0 radical (unpaired) electrons. The lowest BCUT2D eigenvalue weighted by atomic mass is 10.0. The lowest BCUT2D eigenvalue weighted by Gasteiger charge is -2.17. The van der Waals surface area contributed by atoms with Crippen LogP contribution in [0.25, 0.3) is 0 Å². The molecular weight excluding hydrogens is 224 g/mol. The molecule has 0 bridgehead atoms. The van der Waals surface area contributed by atoms with Crippen molar-refractivity contribution in [3.05, 3.63) is 17.7 Å². The second-order valence-corrected chi connectivity index (χ2v) is 4.97. The van der Waals surface area contributed by atoms with Crippen molar-refractivity contribution >= 4 is 11.4 Å². The Hall–Kier alpha value is -1.38. The summed E-state index contributed by atoms with van der Waals surface area (Å²) in [5.41, 5.74) is 14.2. The van der Waals surface area contributed by atoms with Crippen molar-refractivity contribution in [2.75, 3.05) is 18.1 Å². The highest BCUT2D eigenvalue weighted by molar-refractivity contribution is 5.63. The Balaban J connectivity index is 2.59. The first-order valence-electron chi connectivity index (χ1n) is 6.86. The number of benzene rings is 1. The van der Waals surface area contributed by atoms with Gasteiger partial charge in [-0.25, -0.2) is 0 Å². The van der Waals surface area contributed by atoms with Crippen molar-refractivity contribution in [1.29, 1.82) is 0 Å². The summed E-state index contributed by atoms with van der Waals surface area (Å²) in [6, 6.07) is 3.70. The third-order valence-electron chi connectivity index (χ3n) is 3.42. The smallest absolute Gasteiger partial charge is 0.144 e. The highest BCUT2D eigenvalue weighted by Gasteiger charge is 2.09. The Morgan fingerprint density at radius 1 is 1.17 bits per heavy atom. The summed E-state index contributed by atoms with van der Waals surface area (Å²) >= 11 is 0. The van der Waals surface area contributed by atoms with E-state index in [-0.39, 0.29) is 0 Å². The van der Waals surface area contributed by atoms with Crippen molar-refractivity contribution in [2.45, 2.75) is 46.5 Å². The van der Waals surface area contributed by atoms with E-state index in [1.807, 2.05) is 19.1 Å². The number of nitrogen functional groups attached to an aromatic ring is 2. The molecule has 102 valence electrons. The monoisotopic (exact) mass is 250 g/mol. The molecule has 1 aromatic carbocycles. The van der Waals surface area contributed by atoms with Gasteiger partial charge in [-0.05, 0) is 30.9 Å². The van der Waals surface area contributed by atoms with E-state index in [9.17, 15) is 0 Å². The summed E-state index contributed by atoms with van der Waals surface area (Å²) in [5, 5.41) is 0. The number of rotatable bonds is 7. The van der Waals surface area contributed by atoms with E-state index in [0.717, 1.165) is 24.3 Å². The maximum absolute atomic E-state index is 5.94. The van der Waals surface area contributed by atoms with Gasteiger partial charge in [0.2, 0.25) is 0 Å². The molecule has 3 nitrogen and oxygen atoms in total. The van der Waals surface area contributed by atoms with Crippen LogP contribution in [-0.4, -0.2) is 6.61 Å². The third kappa shape index (κ3) is 4.13. The van der Waals surface area contributed by atoms with E-state index in [0.29, 0.717) is 17.4 Å². The molecule has 0 amide bonds. The Bertz CT molecular complexity index is 377. The average molecular weight is 250 g/mol. The fraction of sp³-hybridized carbons (Fsp3) is 0.600. The number of anilines is 2. The third-order valence-corrected chi connectivity index (χ3v) is 3.42. The normalized spacial score (nSPS) is 12.4. The Morgan fingerprint density at radius 3 is 2.50 bits per heavy atom. The standard InChI is InChI=1S/C15H26N2O/c1-4-6-7-12(5-2)10-18-15-9-13(16)11(3)8-14(15)17/h8-9,12H,4-7,10,16-17H2,1-3H3. The second-order valence-electron chi connectivity index (χ2n) is 4.97. The first-order valence-corrected chi connectivity index (χ1v) is 6.86. The highest BCUT2D eigenvalue weighted by Crippen LogP contribution is 2.28. The summed E-state index contributed by atoms with van der Waals surface area (Å²) < 4.78 is 5.82. The summed E-state index contributed by atoms with van der Waals surface area (Å²) in [4.78, 5) is 0. The predicted molar refractivity (Wildman–Crippen MR) is 78.8 cm³/mol. The number of hydrogen-bond donors (Lipinski definition) is 2. The zero-order chi connectivity index (χ0) is 13.5. The minimum Gasteiger partial charge on any atom is -0.491 e. The van der Waals surface area contributed by atoms with Gasteiger partial charge in [0.25, 0.3) is 0 Å². The van der Waals surface area contributed by atoms with E-state index in [1.165, 1.54) is 19.3 Å². The zero-order valence-corrected chi connectivity index (χ0v) is 11.8. The van der Waals surface area contributed by atoms with Crippen molar-refractivity contribution in [3.63, 3.8) is 0 Å². The van der Waals surface area contributed by atoms with Crippen molar-refractivity contribution in [2.24, 2.45) is 5.92 Å². The SMILES string of the molecule is CCCCC(CC)COc1cc(N)c(C)cc1N. The first kappa shape index (κ1) is 14.7. The van der Waals surface area contributed by atoms with Crippen LogP contribution in [0.3, 0.4) is 0 Å². The number of nitrogens with two attached hydrogens (primary N) is 2. The average Bonchev–Trinajstić information content (AvgIpc) is 2.35. The van der Waals surface area contributed by atoms with Gasteiger partial charge in [0.05, 0.1) is 12.3 Å². The van der Waals surface area contributed by atoms with Crippen LogP contribution in [0.4, 0.5) is 11.4 Å². The molecule has 1 rings (SSSR count). The number of ether oxygens (including phenoxy) is 1. The van der Waals surface area contributed by atoms with E-state index in [1.54, 1.807) is 0 Å². The Labute approximate surface area is 111 Å². The highest BCUT2D eigenvalue weighted by atomic mass is 16.5. The van der Waals surface area contributed by atoms with Gasteiger partial charge in [-0.1, -0.05) is 33.1 Å². The molecule has 0 saturated carbocycles. The van der Waals surface area contributed by atoms with Crippen LogP contribution in [0, 0.1) is 12.8 Å². The van der Waals surface area contributed by atoms with Crippen LogP contribution in [0.15, 0.2) is 12.1 Å². The summed E-state index contributed by atoms with van der Waals surface area (Å²) in [7, 11) is 0. The van der Waals surface area contributed by atoms with Gasteiger partial charge in [0, 0.05) is 11.8 Å². The van der Waals surface area contributed by atoms with Crippen LogP contribution in [-0.2, 0) is 0 Å². The maximum Gasteiger partial charge on any atom is 0.144 e. The fourth-order valence-corrected chi connectivity index (χ4v) is 1.96. The maximum atomic E-state index is 5.94. The molecule has 0 aliphatic rings. The molecule has 1 aromatic rings. The van der Waals surface area contributed by atoms with E-state index >= 15 is 0 Å². The molecule has 1 unspecified atom stereocenters. The topological polar surface area (TPSA) is 61.3 Å². The van der Waals surface area contributed by atoms with Gasteiger partial charge in [-0.3, -0.25) is 0 Å². The minimum atomic E-state index is 0.604. The Morgan fingerprint density at radius 2 is 1.89 bits per heavy atom. The van der Waals surface area contributed by atoms with E-state index < -0.39 is 0 Å². The quantitative estimate of drug-likeness (QED) is 0.724. The molecule has 0 fully saturated rings. The van der Waals surface area contributed by atoms with Crippen LogP contribution < -0.4 is 16.2 Å². The zero-order valence-electron chi connectivity index (χ0n) is 11.8. The molecule has 0 aromatic heterocycles. The molecule has 18 heavy (non-hydrogen) atoms. The van der Waals surface area contributed by atoms with Gasteiger partial charge < -0.3 is 16.2 Å².